The van der Waals surface area contributed by atoms with E-state index in [2.05, 4.69) is 4.98 Å². The Balaban J connectivity index is 1.39. The van der Waals surface area contributed by atoms with Gasteiger partial charge in [0, 0.05) is 17.8 Å². The van der Waals surface area contributed by atoms with E-state index in [1.165, 1.54) is 17.5 Å². The van der Waals surface area contributed by atoms with Crippen LogP contribution >= 0.6 is 11.6 Å². The van der Waals surface area contributed by atoms with E-state index in [-0.39, 0.29) is 30.5 Å². The first-order chi connectivity index (χ1) is 18.4. The zero-order chi connectivity index (χ0) is 26.5. The SMILES string of the molecule is COc1ccc(Cl)cc1S(=O)(=O)N(Cc1cccc(OCc2ccc3c(c2)OCO3)c1)Cc1ccccn1. The van der Waals surface area contributed by atoms with E-state index in [0.29, 0.717) is 34.6 Å². The number of nitrogens with zero attached hydrogens (tertiary/aromatic N) is 2. The predicted octanol–water partition coefficient (Wildman–Crippen LogP) is 5.44. The van der Waals surface area contributed by atoms with E-state index in [1.54, 1.807) is 30.5 Å². The average Bonchev–Trinajstić information content (AvgIpc) is 3.40. The smallest absolute Gasteiger partial charge is 0.247 e. The third-order valence-corrected chi connectivity index (χ3v) is 7.96. The highest BCUT2D eigenvalue weighted by Crippen LogP contribution is 2.33. The Kier molecular flexibility index (Phi) is 7.69. The first-order valence-electron chi connectivity index (χ1n) is 11.8. The fraction of sp³-hybridized carbons (Fsp3) is 0.179. The van der Waals surface area contributed by atoms with Gasteiger partial charge in [0.1, 0.15) is 23.0 Å². The van der Waals surface area contributed by atoms with Crippen LogP contribution in [-0.2, 0) is 29.7 Å². The summed E-state index contributed by atoms with van der Waals surface area (Å²) in [6.45, 7) is 0.660. The third kappa shape index (κ3) is 5.85. The Bertz CT molecular complexity index is 1530. The lowest BCUT2D eigenvalue weighted by atomic mass is 10.2. The van der Waals surface area contributed by atoms with Gasteiger partial charge in [-0.25, -0.2) is 8.42 Å². The van der Waals surface area contributed by atoms with Gasteiger partial charge < -0.3 is 18.9 Å². The summed E-state index contributed by atoms with van der Waals surface area (Å²) in [7, 11) is -2.60. The highest BCUT2D eigenvalue weighted by molar-refractivity contribution is 7.89. The molecule has 0 atom stereocenters. The number of fused-ring (bicyclic) bond motifs is 1. The van der Waals surface area contributed by atoms with E-state index >= 15 is 0 Å². The monoisotopic (exact) mass is 552 g/mol. The van der Waals surface area contributed by atoms with Crippen molar-refractivity contribution in [1.82, 2.24) is 9.29 Å². The number of pyridine rings is 1. The van der Waals surface area contributed by atoms with Crippen molar-refractivity contribution < 1.29 is 27.4 Å². The second kappa shape index (κ2) is 11.3. The van der Waals surface area contributed by atoms with Crippen LogP contribution in [0.4, 0.5) is 0 Å². The van der Waals surface area contributed by atoms with Gasteiger partial charge in [0.15, 0.2) is 11.5 Å². The number of rotatable bonds is 10. The van der Waals surface area contributed by atoms with Crippen LogP contribution in [0.3, 0.4) is 0 Å². The van der Waals surface area contributed by atoms with Crippen molar-refractivity contribution in [2.45, 2.75) is 24.6 Å². The quantitative estimate of drug-likeness (QED) is 0.259. The highest BCUT2D eigenvalue weighted by Gasteiger charge is 2.29. The van der Waals surface area contributed by atoms with Crippen molar-refractivity contribution in [3.63, 3.8) is 0 Å². The highest BCUT2D eigenvalue weighted by atomic mass is 35.5. The maximum atomic E-state index is 13.9. The van der Waals surface area contributed by atoms with Gasteiger partial charge in [0.25, 0.3) is 0 Å². The van der Waals surface area contributed by atoms with Crippen LogP contribution in [0.5, 0.6) is 23.0 Å². The van der Waals surface area contributed by atoms with Crippen molar-refractivity contribution in [2.75, 3.05) is 13.9 Å². The predicted molar refractivity (Wildman–Crippen MR) is 142 cm³/mol. The van der Waals surface area contributed by atoms with Gasteiger partial charge in [-0.05, 0) is 65.7 Å². The number of benzene rings is 3. The number of hydrogen-bond donors (Lipinski definition) is 0. The molecule has 1 aliphatic heterocycles. The maximum Gasteiger partial charge on any atom is 0.247 e. The first-order valence-corrected chi connectivity index (χ1v) is 13.6. The van der Waals surface area contributed by atoms with Gasteiger partial charge in [0.2, 0.25) is 16.8 Å². The number of ether oxygens (including phenoxy) is 4. The molecule has 38 heavy (non-hydrogen) atoms. The molecule has 0 radical (unpaired) electrons. The molecule has 0 aliphatic carbocycles. The zero-order valence-electron chi connectivity index (χ0n) is 20.5. The Morgan fingerprint density at radius 1 is 0.921 bits per heavy atom. The molecule has 4 aromatic rings. The van der Waals surface area contributed by atoms with Crippen LogP contribution in [-0.4, -0.2) is 31.6 Å². The molecule has 0 bridgehead atoms. The molecule has 1 aromatic heterocycles. The van der Waals surface area contributed by atoms with Crippen LogP contribution in [0.15, 0.2) is 90.0 Å². The molecule has 0 fully saturated rings. The molecule has 3 aromatic carbocycles. The van der Waals surface area contributed by atoms with Gasteiger partial charge in [-0.1, -0.05) is 35.9 Å². The molecule has 5 rings (SSSR count). The molecule has 0 amide bonds. The van der Waals surface area contributed by atoms with E-state index in [0.717, 1.165) is 11.1 Å². The van der Waals surface area contributed by atoms with Crippen LogP contribution < -0.4 is 18.9 Å². The molecule has 1 aliphatic rings. The van der Waals surface area contributed by atoms with Gasteiger partial charge in [-0.3, -0.25) is 4.98 Å². The molecule has 0 N–H and O–H groups in total. The zero-order valence-corrected chi connectivity index (χ0v) is 22.1. The van der Waals surface area contributed by atoms with Crippen molar-refractivity contribution in [3.05, 3.63) is 107 Å². The second-order valence-corrected chi connectivity index (χ2v) is 10.9. The molecular weight excluding hydrogens is 528 g/mol. The summed E-state index contributed by atoms with van der Waals surface area (Å²) in [5, 5.41) is 0.293. The number of hydrogen-bond acceptors (Lipinski definition) is 7. The maximum absolute atomic E-state index is 13.9. The largest absolute Gasteiger partial charge is 0.495 e. The number of methoxy groups -OCH3 is 1. The number of sulfonamides is 1. The summed E-state index contributed by atoms with van der Waals surface area (Å²) in [4.78, 5) is 4.31. The molecule has 0 spiro atoms. The minimum absolute atomic E-state index is 0.0151. The number of aromatic nitrogens is 1. The standard InChI is InChI=1S/C28H25ClN2O6S/c1-34-26-11-9-22(29)15-28(26)38(32,33)31(17-23-6-2-3-12-30-23)16-20-5-4-7-24(13-20)35-18-21-8-10-25-27(14-21)37-19-36-25/h2-15H,16-19H2,1H3. The fourth-order valence-corrected chi connectivity index (χ4v) is 5.84. The van der Waals surface area contributed by atoms with E-state index < -0.39 is 10.0 Å². The molecule has 196 valence electrons. The topological polar surface area (TPSA) is 87.2 Å². The summed E-state index contributed by atoms with van der Waals surface area (Å²) < 4.78 is 51.2. The van der Waals surface area contributed by atoms with Gasteiger partial charge in [0.05, 0.1) is 19.3 Å². The third-order valence-electron chi connectivity index (χ3n) is 5.91. The van der Waals surface area contributed by atoms with Crippen LogP contribution in [0, 0.1) is 0 Å². The van der Waals surface area contributed by atoms with E-state index in [9.17, 15) is 8.42 Å². The average molecular weight is 553 g/mol. The number of halogens is 1. The van der Waals surface area contributed by atoms with Crippen molar-refractivity contribution in [3.8, 4) is 23.0 Å². The van der Waals surface area contributed by atoms with Gasteiger partial charge in [-0.2, -0.15) is 4.31 Å². The minimum Gasteiger partial charge on any atom is -0.495 e. The van der Waals surface area contributed by atoms with Gasteiger partial charge in [-0.15, -0.1) is 0 Å². The summed E-state index contributed by atoms with van der Waals surface area (Å²) in [6, 6.07) is 22.9. The molecule has 0 saturated heterocycles. The lowest BCUT2D eigenvalue weighted by Crippen LogP contribution is -2.31. The summed E-state index contributed by atoms with van der Waals surface area (Å²) in [6.07, 6.45) is 1.63. The summed E-state index contributed by atoms with van der Waals surface area (Å²) in [5.41, 5.74) is 2.27. The lowest BCUT2D eigenvalue weighted by Gasteiger charge is -2.23. The Morgan fingerprint density at radius 2 is 1.79 bits per heavy atom. The lowest BCUT2D eigenvalue weighted by molar-refractivity contribution is 0.174. The Morgan fingerprint density at radius 3 is 2.61 bits per heavy atom. The molecule has 10 heteroatoms. The van der Waals surface area contributed by atoms with Crippen LogP contribution in [0.1, 0.15) is 16.8 Å². The molecular formula is C28H25ClN2O6S. The van der Waals surface area contributed by atoms with E-state index in [1.807, 2.05) is 48.5 Å². The van der Waals surface area contributed by atoms with Crippen molar-refractivity contribution in [2.24, 2.45) is 0 Å². The summed E-state index contributed by atoms with van der Waals surface area (Å²) in [5.74, 6) is 2.21. The Labute approximate surface area is 226 Å². The van der Waals surface area contributed by atoms with Crippen molar-refractivity contribution in [1.29, 1.82) is 0 Å². The second-order valence-electron chi connectivity index (χ2n) is 8.51. The molecule has 0 unspecified atom stereocenters. The molecule has 8 nitrogen and oxygen atoms in total. The minimum atomic E-state index is -4.02. The van der Waals surface area contributed by atoms with Crippen LogP contribution in [0.2, 0.25) is 5.02 Å². The van der Waals surface area contributed by atoms with Gasteiger partial charge >= 0.3 is 0 Å². The first kappa shape index (κ1) is 25.8. The molecule has 2 heterocycles. The molecule has 0 saturated carbocycles. The summed E-state index contributed by atoms with van der Waals surface area (Å²) >= 11 is 6.16. The normalized spacial score (nSPS) is 12.5. The van der Waals surface area contributed by atoms with E-state index in [4.69, 9.17) is 30.5 Å². The fourth-order valence-electron chi connectivity index (χ4n) is 4.02. The Hall–Kier alpha value is -3.79. The van der Waals surface area contributed by atoms with Crippen molar-refractivity contribution >= 4 is 21.6 Å². The van der Waals surface area contributed by atoms with Crippen LogP contribution in [0.25, 0.3) is 0 Å².